The van der Waals surface area contributed by atoms with Gasteiger partial charge in [-0.1, -0.05) is 19.4 Å². The number of hydrogen-bond acceptors (Lipinski definition) is 4. The van der Waals surface area contributed by atoms with E-state index in [9.17, 15) is 4.79 Å². The van der Waals surface area contributed by atoms with E-state index in [2.05, 4.69) is 17.6 Å². The summed E-state index contributed by atoms with van der Waals surface area (Å²) in [6, 6.07) is 5.73. The van der Waals surface area contributed by atoms with E-state index in [1.165, 1.54) is 0 Å². The van der Waals surface area contributed by atoms with Crippen molar-refractivity contribution in [2.24, 2.45) is 0 Å². The number of carbonyl (C=O) groups excluding carboxylic acids is 1. The maximum atomic E-state index is 12.3. The van der Waals surface area contributed by atoms with E-state index in [0.29, 0.717) is 24.7 Å². The summed E-state index contributed by atoms with van der Waals surface area (Å²) in [6.07, 6.45) is 2.94. The zero-order valence-electron chi connectivity index (χ0n) is 14.4. The van der Waals surface area contributed by atoms with Crippen molar-refractivity contribution in [2.45, 2.75) is 32.7 Å². The lowest BCUT2D eigenvalue weighted by molar-refractivity contribution is 0.124. The van der Waals surface area contributed by atoms with Crippen molar-refractivity contribution in [3.63, 3.8) is 0 Å². The Hall–Kier alpha value is -2.22. The number of nitrogens with one attached hydrogen (secondary N) is 2. The Morgan fingerprint density at radius 1 is 1.20 bits per heavy atom. The summed E-state index contributed by atoms with van der Waals surface area (Å²) in [5.41, 5.74) is 1.05. The summed E-state index contributed by atoms with van der Waals surface area (Å²) < 4.78 is 10.7. The van der Waals surface area contributed by atoms with Crippen LogP contribution < -0.4 is 20.1 Å². The molecule has 8 heteroatoms. The normalized spacial score (nSPS) is 15.4. The van der Waals surface area contributed by atoms with Crippen LogP contribution in [0.4, 0.5) is 4.79 Å². The minimum Gasteiger partial charge on any atom is -0.454 e. The van der Waals surface area contributed by atoms with Gasteiger partial charge in [-0.15, -0.1) is 0 Å². The number of carbonyl (C=O) groups is 1. The average Bonchev–Trinajstić information content (AvgIpc) is 3.28. The van der Waals surface area contributed by atoms with Crippen LogP contribution in [0.15, 0.2) is 18.2 Å². The molecule has 0 unspecified atom stereocenters. The first-order valence-electron chi connectivity index (χ1n) is 8.68. The summed E-state index contributed by atoms with van der Waals surface area (Å²) in [6.45, 7) is 5.05. The molecule has 1 saturated heterocycles. The highest BCUT2D eigenvalue weighted by Gasteiger charge is 2.28. The number of benzene rings is 1. The number of rotatable bonds is 5. The third kappa shape index (κ3) is 4.25. The predicted molar refractivity (Wildman–Crippen MR) is 98.3 cm³/mol. The minimum atomic E-state index is -0.0850. The van der Waals surface area contributed by atoms with E-state index in [0.717, 1.165) is 42.9 Å². The molecule has 3 rings (SSSR count). The number of nitrogens with zero attached hydrogens (tertiary/aromatic N) is 2. The van der Waals surface area contributed by atoms with Crippen LogP contribution in [0.5, 0.6) is 11.5 Å². The summed E-state index contributed by atoms with van der Waals surface area (Å²) in [4.78, 5) is 12.3. The second-order valence-electron chi connectivity index (χ2n) is 6.03. The van der Waals surface area contributed by atoms with Crippen LogP contribution >= 0.6 is 12.2 Å². The number of unbranched alkanes of at least 4 members (excludes halogenated alkanes) is 1. The highest BCUT2D eigenvalue weighted by atomic mass is 32.1. The van der Waals surface area contributed by atoms with Gasteiger partial charge in [-0.05, 0) is 42.8 Å². The van der Waals surface area contributed by atoms with Crippen molar-refractivity contribution in [2.75, 3.05) is 26.4 Å². The van der Waals surface area contributed by atoms with Gasteiger partial charge in [0.25, 0.3) is 0 Å². The SMILES string of the molecule is CCCCNC(=O)N1CCCN1C(=S)NCc1ccc2c(c1)OCO2. The fraction of sp³-hybridized carbons (Fsp3) is 0.529. The third-order valence-corrected chi connectivity index (χ3v) is 4.54. The summed E-state index contributed by atoms with van der Waals surface area (Å²) in [5.74, 6) is 1.52. The Morgan fingerprint density at radius 2 is 2.00 bits per heavy atom. The van der Waals surface area contributed by atoms with Crippen molar-refractivity contribution < 1.29 is 14.3 Å². The second kappa shape index (κ2) is 8.24. The van der Waals surface area contributed by atoms with Crippen molar-refractivity contribution in [1.82, 2.24) is 20.7 Å². The maximum absolute atomic E-state index is 12.3. The lowest BCUT2D eigenvalue weighted by atomic mass is 10.2. The number of ether oxygens (including phenoxy) is 2. The standard InChI is InChI=1S/C17H24N4O3S/c1-2-3-7-18-16(22)20-8-4-9-21(20)17(25)19-11-13-5-6-14-15(10-13)24-12-23-14/h5-6,10H,2-4,7-9,11-12H2,1H3,(H,18,22)(H,19,25). The lowest BCUT2D eigenvalue weighted by Gasteiger charge is -2.30. The van der Waals surface area contributed by atoms with Crippen molar-refractivity contribution in [1.29, 1.82) is 0 Å². The number of thiocarbonyl (C=S) groups is 1. The maximum Gasteiger partial charge on any atom is 0.336 e. The number of hydrogen-bond donors (Lipinski definition) is 2. The van der Waals surface area contributed by atoms with Gasteiger partial charge < -0.3 is 20.1 Å². The zero-order chi connectivity index (χ0) is 17.6. The van der Waals surface area contributed by atoms with Gasteiger partial charge in [0, 0.05) is 26.2 Å². The fourth-order valence-corrected chi connectivity index (χ4v) is 3.08. The molecule has 136 valence electrons. The molecule has 0 atom stereocenters. The first-order valence-corrected chi connectivity index (χ1v) is 9.09. The molecule has 2 N–H and O–H groups in total. The topological polar surface area (TPSA) is 66.1 Å². The Morgan fingerprint density at radius 3 is 2.84 bits per heavy atom. The van der Waals surface area contributed by atoms with Crippen LogP contribution in [0.1, 0.15) is 31.7 Å². The second-order valence-corrected chi connectivity index (χ2v) is 6.42. The van der Waals surface area contributed by atoms with Crippen LogP contribution in [-0.2, 0) is 6.54 Å². The molecule has 0 aliphatic carbocycles. The van der Waals surface area contributed by atoms with Gasteiger partial charge in [-0.3, -0.25) is 5.01 Å². The van der Waals surface area contributed by atoms with Gasteiger partial charge in [0.05, 0.1) is 0 Å². The average molecular weight is 364 g/mol. The Kier molecular flexibility index (Phi) is 5.80. The van der Waals surface area contributed by atoms with E-state index < -0.39 is 0 Å². The molecule has 25 heavy (non-hydrogen) atoms. The Labute approximate surface area is 153 Å². The van der Waals surface area contributed by atoms with Gasteiger partial charge in [-0.2, -0.15) is 0 Å². The zero-order valence-corrected chi connectivity index (χ0v) is 15.2. The molecule has 2 aliphatic rings. The largest absolute Gasteiger partial charge is 0.454 e. The van der Waals surface area contributed by atoms with E-state index in [4.69, 9.17) is 21.7 Å². The Bertz CT molecular complexity index is 640. The summed E-state index contributed by atoms with van der Waals surface area (Å²) in [5, 5.41) is 10.2. The molecule has 0 aromatic heterocycles. The quantitative estimate of drug-likeness (QED) is 0.617. The summed E-state index contributed by atoms with van der Waals surface area (Å²) in [7, 11) is 0. The molecule has 0 bridgehead atoms. The molecule has 2 heterocycles. The molecule has 1 aromatic rings. The smallest absolute Gasteiger partial charge is 0.336 e. The van der Waals surface area contributed by atoms with Gasteiger partial charge in [0.15, 0.2) is 16.6 Å². The van der Waals surface area contributed by atoms with E-state index in [1.807, 2.05) is 23.2 Å². The monoisotopic (exact) mass is 364 g/mol. The molecule has 0 saturated carbocycles. The van der Waals surface area contributed by atoms with Crippen molar-refractivity contribution in [3.8, 4) is 11.5 Å². The summed E-state index contributed by atoms with van der Waals surface area (Å²) >= 11 is 5.48. The van der Waals surface area contributed by atoms with Crippen LogP contribution in [0.3, 0.4) is 0 Å². The highest BCUT2D eigenvalue weighted by molar-refractivity contribution is 7.80. The molecule has 7 nitrogen and oxygen atoms in total. The van der Waals surface area contributed by atoms with Gasteiger partial charge in [0.2, 0.25) is 6.79 Å². The van der Waals surface area contributed by atoms with Crippen LogP contribution in [0.25, 0.3) is 0 Å². The molecular weight excluding hydrogens is 340 g/mol. The Balaban J connectivity index is 1.52. The molecular formula is C17H24N4O3S. The van der Waals surface area contributed by atoms with E-state index in [1.54, 1.807) is 5.01 Å². The highest BCUT2D eigenvalue weighted by Crippen LogP contribution is 2.32. The van der Waals surface area contributed by atoms with Crippen LogP contribution in [-0.4, -0.2) is 47.6 Å². The van der Waals surface area contributed by atoms with Crippen molar-refractivity contribution >= 4 is 23.4 Å². The minimum absolute atomic E-state index is 0.0850. The first kappa shape index (κ1) is 17.6. The van der Waals surface area contributed by atoms with Crippen LogP contribution in [0, 0.1) is 0 Å². The van der Waals surface area contributed by atoms with Crippen LogP contribution in [0.2, 0.25) is 0 Å². The molecule has 2 aliphatic heterocycles. The fourth-order valence-electron chi connectivity index (χ4n) is 2.82. The molecule has 1 fully saturated rings. The number of amides is 2. The first-order chi connectivity index (χ1) is 12.2. The molecule has 1 aromatic carbocycles. The molecule has 2 amide bonds. The molecule has 0 radical (unpaired) electrons. The van der Waals surface area contributed by atoms with E-state index in [-0.39, 0.29) is 12.8 Å². The molecule has 0 spiro atoms. The van der Waals surface area contributed by atoms with Gasteiger partial charge >= 0.3 is 6.03 Å². The van der Waals surface area contributed by atoms with Gasteiger partial charge in [-0.25, -0.2) is 9.80 Å². The number of urea groups is 1. The van der Waals surface area contributed by atoms with Gasteiger partial charge in [0.1, 0.15) is 0 Å². The van der Waals surface area contributed by atoms with E-state index >= 15 is 0 Å². The predicted octanol–water partition coefficient (Wildman–Crippen LogP) is 2.22. The third-order valence-electron chi connectivity index (χ3n) is 4.19. The van der Waals surface area contributed by atoms with Crippen molar-refractivity contribution in [3.05, 3.63) is 23.8 Å². The lowest BCUT2D eigenvalue weighted by Crippen LogP contribution is -2.52. The number of fused-ring (bicyclic) bond motifs is 1. The number of hydrazine groups is 1.